The van der Waals surface area contributed by atoms with Gasteiger partial charge in [-0.25, -0.2) is 0 Å². The van der Waals surface area contributed by atoms with E-state index in [0.717, 1.165) is 0 Å². The van der Waals surface area contributed by atoms with Gasteiger partial charge in [-0.3, -0.25) is 4.90 Å². The van der Waals surface area contributed by atoms with Crippen LogP contribution in [0.2, 0.25) is 0 Å². The van der Waals surface area contributed by atoms with Crippen molar-refractivity contribution in [2.24, 2.45) is 0 Å². The van der Waals surface area contributed by atoms with Crippen LogP contribution in [0.3, 0.4) is 0 Å². The van der Waals surface area contributed by atoms with Crippen LogP contribution in [0.4, 0.5) is 5.69 Å². The smallest absolute Gasteiger partial charge is 0.139 e. The summed E-state index contributed by atoms with van der Waals surface area (Å²) in [6.07, 6.45) is 14.9. The molecule has 144 valence electrons. The Morgan fingerprint density at radius 2 is 1.68 bits per heavy atom. The largest absolute Gasteiger partial charge is 0.456 e. The minimum Gasteiger partial charge on any atom is -0.456 e. The molecule has 0 bridgehead atoms. The Morgan fingerprint density at radius 3 is 2.61 bits per heavy atom. The van der Waals surface area contributed by atoms with Crippen molar-refractivity contribution in [3.8, 4) is 5.75 Å². The van der Waals surface area contributed by atoms with E-state index in [4.69, 9.17) is 4.74 Å². The summed E-state index contributed by atoms with van der Waals surface area (Å²) in [4.78, 5) is 5.33. The topological polar surface area (TPSA) is 15.7 Å². The van der Waals surface area contributed by atoms with Gasteiger partial charge in [0.2, 0.25) is 0 Å². The van der Waals surface area contributed by atoms with Gasteiger partial charge >= 0.3 is 0 Å². The van der Waals surface area contributed by atoms with Gasteiger partial charge in [0.1, 0.15) is 11.5 Å². The maximum atomic E-state index is 6.85. The maximum absolute atomic E-state index is 6.85. The fourth-order valence-corrected chi connectivity index (χ4v) is 6.71. The first-order valence-corrected chi connectivity index (χ1v) is 11.4. The van der Waals surface area contributed by atoms with Crippen molar-refractivity contribution in [3.63, 3.8) is 0 Å². The number of rotatable bonds is 0. The normalized spacial score (nSPS) is 27.7. The van der Waals surface area contributed by atoms with Crippen molar-refractivity contribution in [2.45, 2.75) is 57.4 Å². The number of nitrogens with zero attached hydrogens (tertiary/aromatic N) is 2. The SMILES string of the molecule is C1=C2C=C3CCCN4CCCC(=C2Oc2c1cc1c5c2CCCN5CCC1)[C@@H]34. The number of benzene rings is 1. The molecule has 2 fully saturated rings. The fraction of sp³-hybridized carbons (Fsp3) is 0.520. The van der Waals surface area contributed by atoms with E-state index in [1.165, 1.54) is 111 Å². The van der Waals surface area contributed by atoms with E-state index in [0.29, 0.717) is 6.04 Å². The van der Waals surface area contributed by atoms with Crippen LogP contribution in [0, 0.1) is 0 Å². The first-order chi connectivity index (χ1) is 13.9. The van der Waals surface area contributed by atoms with Crippen molar-refractivity contribution < 1.29 is 4.74 Å². The predicted molar refractivity (Wildman–Crippen MR) is 113 cm³/mol. The van der Waals surface area contributed by atoms with Crippen LogP contribution in [-0.2, 0) is 12.8 Å². The lowest BCUT2D eigenvalue weighted by Crippen LogP contribution is -2.47. The first-order valence-electron chi connectivity index (χ1n) is 11.4. The number of ether oxygens (including phenoxy) is 1. The Morgan fingerprint density at radius 1 is 0.857 bits per heavy atom. The molecular weight excluding hydrogens is 344 g/mol. The van der Waals surface area contributed by atoms with Crippen molar-refractivity contribution in [1.29, 1.82) is 0 Å². The molecule has 0 amide bonds. The summed E-state index contributed by atoms with van der Waals surface area (Å²) >= 11 is 0. The molecule has 5 aliphatic heterocycles. The molecule has 3 nitrogen and oxygen atoms in total. The van der Waals surface area contributed by atoms with E-state index in [1.807, 2.05) is 0 Å². The third-order valence-electron chi connectivity index (χ3n) is 7.76. The Kier molecular flexibility index (Phi) is 3.26. The van der Waals surface area contributed by atoms with Crippen molar-refractivity contribution in [1.82, 2.24) is 4.90 Å². The summed E-state index contributed by atoms with van der Waals surface area (Å²) in [6.45, 7) is 4.94. The molecule has 0 N–H and O–H groups in total. The van der Waals surface area contributed by atoms with Crippen molar-refractivity contribution >= 4 is 11.8 Å². The van der Waals surface area contributed by atoms with Gasteiger partial charge in [0.25, 0.3) is 0 Å². The third-order valence-corrected chi connectivity index (χ3v) is 7.76. The van der Waals surface area contributed by atoms with E-state index in [2.05, 4.69) is 28.0 Å². The predicted octanol–water partition coefficient (Wildman–Crippen LogP) is 4.61. The minimum atomic E-state index is 0.529. The number of hydrogen-bond donors (Lipinski definition) is 0. The van der Waals surface area contributed by atoms with Crippen LogP contribution >= 0.6 is 0 Å². The van der Waals surface area contributed by atoms with Gasteiger partial charge in [0.05, 0.1) is 6.04 Å². The van der Waals surface area contributed by atoms with E-state index < -0.39 is 0 Å². The second kappa shape index (κ2) is 5.76. The molecule has 3 heteroatoms. The van der Waals surface area contributed by atoms with Gasteiger partial charge in [-0.1, -0.05) is 6.08 Å². The van der Waals surface area contributed by atoms with Gasteiger partial charge in [0, 0.05) is 35.5 Å². The van der Waals surface area contributed by atoms with Gasteiger partial charge in [0.15, 0.2) is 0 Å². The fourth-order valence-electron chi connectivity index (χ4n) is 6.71. The second-order valence-corrected chi connectivity index (χ2v) is 9.40. The Bertz CT molecular complexity index is 979. The molecule has 1 aromatic carbocycles. The van der Waals surface area contributed by atoms with Crippen LogP contribution in [0.25, 0.3) is 6.08 Å². The highest BCUT2D eigenvalue weighted by Crippen LogP contribution is 2.49. The lowest BCUT2D eigenvalue weighted by atomic mass is 9.77. The minimum absolute atomic E-state index is 0.529. The van der Waals surface area contributed by atoms with Gasteiger partial charge in [-0.05, 0) is 93.3 Å². The first kappa shape index (κ1) is 15.9. The van der Waals surface area contributed by atoms with Crippen molar-refractivity contribution in [2.75, 3.05) is 31.1 Å². The molecule has 0 saturated carbocycles. The van der Waals surface area contributed by atoms with E-state index in [9.17, 15) is 0 Å². The molecule has 7 rings (SSSR count). The average Bonchev–Trinajstić information content (AvgIpc) is 2.74. The highest BCUT2D eigenvalue weighted by Gasteiger charge is 2.40. The lowest BCUT2D eigenvalue weighted by molar-refractivity contribution is 0.178. The summed E-state index contributed by atoms with van der Waals surface area (Å²) in [5.41, 5.74) is 10.4. The zero-order valence-corrected chi connectivity index (χ0v) is 16.6. The van der Waals surface area contributed by atoms with E-state index in [-0.39, 0.29) is 0 Å². The molecule has 6 aliphatic rings. The number of anilines is 1. The van der Waals surface area contributed by atoms with Crippen molar-refractivity contribution in [3.05, 3.63) is 51.3 Å². The average molecular weight is 373 g/mol. The highest BCUT2D eigenvalue weighted by atomic mass is 16.5. The summed E-state index contributed by atoms with van der Waals surface area (Å²) in [5, 5.41) is 0. The number of allylic oxidation sites excluding steroid dienone is 1. The molecule has 0 aromatic heterocycles. The Hall–Kier alpha value is -2.00. The number of fused-ring (bicyclic) bond motifs is 3. The summed E-state index contributed by atoms with van der Waals surface area (Å²) in [7, 11) is 0. The standard InChI is InChI=1S/C25H28N2O/c1-5-16-13-18-15-19-14-17-6-2-10-27-12-4-8-21(23(17)27)25(19)28-24(18)20-7-3-11-26(9-1)22(16)20/h13-15,22H,1-12H2/t22-/m1/s1. The third kappa shape index (κ3) is 2.09. The monoisotopic (exact) mass is 372 g/mol. The molecule has 0 radical (unpaired) electrons. The van der Waals surface area contributed by atoms with Crippen LogP contribution in [0.15, 0.2) is 34.6 Å². The van der Waals surface area contributed by atoms with Crippen LogP contribution in [0.1, 0.15) is 55.2 Å². The number of piperidine rings is 2. The molecule has 28 heavy (non-hydrogen) atoms. The molecule has 5 heterocycles. The number of hydrogen-bond acceptors (Lipinski definition) is 3. The summed E-state index contributed by atoms with van der Waals surface area (Å²) in [5.74, 6) is 2.39. The lowest BCUT2D eigenvalue weighted by Gasteiger charge is -2.46. The summed E-state index contributed by atoms with van der Waals surface area (Å²) in [6, 6.07) is 2.97. The second-order valence-electron chi connectivity index (χ2n) is 9.40. The molecule has 1 aromatic rings. The van der Waals surface area contributed by atoms with Crippen LogP contribution in [-0.4, -0.2) is 37.1 Å². The zero-order valence-electron chi connectivity index (χ0n) is 16.6. The van der Waals surface area contributed by atoms with E-state index >= 15 is 0 Å². The molecule has 1 aliphatic carbocycles. The molecule has 1 atom stereocenters. The molecule has 2 saturated heterocycles. The Labute approximate surface area is 167 Å². The van der Waals surface area contributed by atoms with Crippen LogP contribution < -0.4 is 9.64 Å². The van der Waals surface area contributed by atoms with E-state index in [1.54, 1.807) is 16.7 Å². The maximum Gasteiger partial charge on any atom is 0.139 e. The summed E-state index contributed by atoms with van der Waals surface area (Å²) < 4.78 is 6.85. The van der Waals surface area contributed by atoms with Gasteiger partial charge in [-0.15, -0.1) is 0 Å². The molecule has 0 unspecified atom stereocenters. The quantitative estimate of drug-likeness (QED) is 0.661. The molecule has 0 spiro atoms. The van der Waals surface area contributed by atoms with Crippen LogP contribution in [0.5, 0.6) is 5.75 Å². The number of aryl methyl sites for hydroxylation is 1. The molecular formula is C25H28N2O. The van der Waals surface area contributed by atoms with Gasteiger partial charge < -0.3 is 9.64 Å². The zero-order chi connectivity index (χ0) is 18.2. The van der Waals surface area contributed by atoms with Gasteiger partial charge in [-0.2, -0.15) is 0 Å². The highest BCUT2D eigenvalue weighted by molar-refractivity contribution is 5.80. The Balaban J connectivity index is 1.43.